The minimum absolute atomic E-state index is 0.0702. The normalized spacial score (nSPS) is 22.4. The monoisotopic (exact) mass is 328 g/mol. The minimum atomic E-state index is -0.0702. The number of nitrogens with one attached hydrogen (secondary N) is 1. The van der Waals surface area contributed by atoms with E-state index in [1.807, 2.05) is 19.0 Å². The number of likely N-dealkylation sites (N-methyl/N-ethyl adjacent to an activating group) is 1. The molecule has 1 aliphatic carbocycles. The molecule has 0 aromatic carbocycles. The molecule has 0 atom stereocenters. The maximum Gasteiger partial charge on any atom is 0.283 e. The number of hydrogen-bond acceptors (Lipinski definition) is 4. The molecule has 1 N–H and O–H groups in total. The molecule has 106 valence electrons. The van der Waals surface area contributed by atoms with Crippen LogP contribution in [0.3, 0.4) is 0 Å². The van der Waals surface area contributed by atoms with Gasteiger partial charge in [-0.15, -0.1) is 0 Å². The van der Waals surface area contributed by atoms with Crippen molar-refractivity contribution in [3.63, 3.8) is 0 Å². The summed E-state index contributed by atoms with van der Waals surface area (Å²) >= 11 is 3.39. The standard InChI is InChI=1S/C13H21BrN4O/c1-9-6-10(7-9)16-11-8-15-18(5-4-17(2)3)13(19)12(11)14/h8-10,16H,4-7H2,1-3H3. The summed E-state index contributed by atoms with van der Waals surface area (Å²) in [4.78, 5) is 14.2. The van der Waals surface area contributed by atoms with Crippen molar-refractivity contribution < 1.29 is 0 Å². The van der Waals surface area contributed by atoms with Crippen LogP contribution in [0, 0.1) is 5.92 Å². The quantitative estimate of drug-likeness (QED) is 0.895. The summed E-state index contributed by atoms with van der Waals surface area (Å²) in [5.41, 5.74) is 0.738. The molecule has 0 radical (unpaired) electrons. The Balaban J connectivity index is 2.06. The molecule has 1 heterocycles. The summed E-state index contributed by atoms with van der Waals surface area (Å²) in [5, 5.41) is 7.60. The van der Waals surface area contributed by atoms with Gasteiger partial charge in [-0.2, -0.15) is 5.10 Å². The zero-order valence-corrected chi connectivity index (χ0v) is 13.3. The van der Waals surface area contributed by atoms with E-state index in [1.165, 1.54) is 4.68 Å². The Labute approximate surface area is 122 Å². The molecule has 6 heteroatoms. The molecular weight excluding hydrogens is 308 g/mol. The number of halogens is 1. The minimum Gasteiger partial charge on any atom is -0.380 e. The number of hydrogen-bond donors (Lipinski definition) is 1. The van der Waals surface area contributed by atoms with E-state index in [2.05, 4.69) is 33.3 Å². The van der Waals surface area contributed by atoms with Crippen molar-refractivity contribution in [1.82, 2.24) is 14.7 Å². The van der Waals surface area contributed by atoms with E-state index in [4.69, 9.17) is 0 Å². The highest BCUT2D eigenvalue weighted by Gasteiger charge is 2.26. The summed E-state index contributed by atoms with van der Waals surface area (Å²) < 4.78 is 2.08. The summed E-state index contributed by atoms with van der Waals surface area (Å²) in [6.07, 6.45) is 4.07. The van der Waals surface area contributed by atoms with Gasteiger partial charge in [-0.3, -0.25) is 4.79 Å². The summed E-state index contributed by atoms with van der Waals surface area (Å²) in [6, 6.07) is 0.477. The molecule has 1 aromatic rings. The summed E-state index contributed by atoms with van der Waals surface area (Å²) in [5.74, 6) is 0.782. The highest BCUT2D eigenvalue weighted by molar-refractivity contribution is 9.10. The van der Waals surface area contributed by atoms with Crippen LogP contribution in [-0.2, 0) is 6.54 Å². The van der Waals surface area contributed by atoms with Gasteiger partial charge >= 0.3 is 0 Å². The molecule has 0 unspecified atom stereocenters. The third kappa shape index (κ3) is 3.57. The molecular formula is C13H21BrN4O. The Bertz CT molecular complexity index is 494. The molecule has 0 amide bonds. The zero-order chi connectivity index (χ0) is 14.0. The van der Waals surface area contributed by atoms with E-state index in [0.717, 1.165) is 31.0 Å². The van der Waals surface area contributed by atoms with Gasteiger partial charge in [-0.05, 0) is 48.8 Å². The van der Waals surface area contributed by atoms with E-state index in [-0.39, 0.29) is 5.56 Å². The highest BCUT2D eigenvalue weighted by Crippen LogP contribution is 2.30. The first-order valence-electron chi connectivity index (χ1n) is 6.64. The predicted octanol–water partition coefficient (Wildman–Crippen LogP) is 1.78. The molecule has 0 bridgehead atoms. The van der Waals surface area contributed by atoms with Crippen LogP contribution in [0.2, 0.25) is 0 Å². The third-order valence-electron chi connectivity index (χ3n) is 3.48. The fraction of sp³-hybridized carbons (Fsp3) is 0.692. The predicted molar refractivity (Wildman–Crippen MR) is 80.6 cm³/mol. The largest absolute Gasteiger partial charge is 0.380 e. The van der Waals surface area contributed by atoms with Gasteiger partial charge in [-0.25, -0.2) is 4.68 Å². The molecule has 1 saturated carbocycles. The van der Waals surface area contributed by atoms with Gasteiger partial charge in [0.25, 0.3) is 5.56 Å². The van der Waals surface area contributed by atoms with Crippen molar-refractivity contribution in [2.45, 2.75) is 32.4 Å². The first kappa shape index (κ1) is 14.5. The van der Waals surface area contributed by atoms with Gasteiger partial charge in [0.15, 0.2) is 0 Å². The van der Waals surface area contributed by atoms with E-state index in [1.54, 1.807) is 6.20 Å². The van der Waals surface area contributed by atoms with Crippen LogP contribution < -0.4 is 10.9 Å². The Morgan fingerprint density at radius 2 is 2.21 bits per heavy atom. The van der Waals surface area contributed by atoms with E-state index < -0.39 is 0 Å². The molecule has 1 aliphatic rings. The van der Waals surface area contributed by atoms with Crippen molar-refractivity contribution in [3.05, 3.63) is 21.0 Å². The molecule has 1 aromatic heterocycles. The summed E-state index contributed by atoms with van der Waals surface area (Å²) in [6.45, 7) is 3.64. The van der Waals surface area contributed by atoms with Crippen LogP contribution in [0.15, 0.2) is 15.5 Å². The van der Waals surface area contributed by atoms with Gasteiger partial charge < -0.3 is 10.2 Å². The van der Waals surface area contributed by atoms with Crippen molar-refractivity contribution in [2.24, 2.45) is 5.92 Å². The summed E-state index contributed by atoms with van der Waals surface area (Å²) in [7, 11) is 3.96. The SMILES string of the molecule is CC1CC(Nc2cnn(CCN(C)C)c(=O)c2Br)C1. The molecule has 0 saturated heterocycles. The van der Waals surface area contributed by atoms with Gasteiger partial charge in [0.2, 0.25) is 0 Å². The molecule has 0 spiro atoms. The van der Waals surface area contributed by atoms with Crippen LogP contribution in [-0.4, -0.2) is 41.4 Å². The van der Waals surface area contributed by atoms with Gasteiger partial charge in [-0.1, -0.05) is 6.92 Å². The van der Waals surface area contributed by atoms with E-state index in [9.17, 15) is 4.79 Å². The van der Waals surface area contributed by atoms with Gasteiger partial charge in [0, 0.05) is 12.6 Å². The number of rotatable bonds is 5. The number of aromatic nitrogens is 2. The van der Waals surface area contributed by atoms with Crippen molar-refractivity contribution in [1.29, 1.82) is 0 Å². The molecule has 19 heavy (non-hydrogen) atoms. The molecule has 5 nitrogen and oxygen atoms in total. The average molecular weight is 329 g/mol. The first-order chi connectivity index (χ1) is 8.97. The second-order valence-electron chi connectivity index (χ2n) is 5.62. The van der Waals surface area contributed by atoms with Gasteiger partial charge in [0.1, 0.15) is 4.47 Å². The van der Waals surface area contributed by atoms with Crippen molar-refractivity contribution >= 4 is 21.6 Å². The zero-order valence-electron chi connectivity index (χ0n) is 11.7. The maximum absolute atomic E-state index is 12.1. The topological polar surface area (TPSA) is 50.2 Å². The second-order valence-corrected chi connectivity index (χ2v) is 6.41. The Morgan fingerprint density at radius 3 is 2.79 bits per heavy atom. The second kappa shape index (κ2) is 6.05. The Morgan fingerprint density at radius 1 is 1.53 bits per heavy atom. The first-order valence-corrected chi connectivity index (χ1v) is 7.43. The molecule has 2 rings (SSSR count). The maximum atomic E-state index is 12.1. The third-order valence-corrected chi connectivity index (χ3v) is 4.24. The van der Waals surface area contributed by atoms with E-state index in [0.29, 0.717) is 17.1 Å². The number of nitrogens with zero attached hydrogens (tertiary/aromatic N) is 3. The smallest absolute Gasteiger partial charge is 0.283 e. The van der Waals surface area contributed by atoms with Crippen LogP contribution in [0.5, 0.6) is 0 Å². The highest BCUT2D eigenvalue weighted by atomic mass is 79.9. The van der Waals surface area contributed by atoms with Crippen molar-refractivity contribution in [3.8, 4) is 0 Å². The van der Waals surface area contributed by atoms with E-state index >= 15 is 0 Å². The average Bonchev–Trinajstić information content (AvgIpc) is 2.31. The lowest BCUT2D eigenvalue weighted by Crippen LogP contribution is -2.35. The Kier molecular flexibility index (Phi) is 4.62. The van der Waals surface area contributed by atoms with Gasteiger partial charge in [0.05, 0.1) is 18.4 Å². The Hall–Kier alpha value is -0.880. The molecule has 1 fully saturated rings. The molecule has 0 aliphatic heterocycles. The fourth-order valence-electron chi connectivity index (χ4n) is 2.26. The lowest BCUT2D eigenvalue weighted by molar-refractivity contribution is 0.309. The van der Waals surface area contributed by atoms with Crippen LogP contribution in [0.1, 0.15) is 19.8 Å². The lowest BCUT2D eigenvalue weighted by Gasteiger charge is -2.34. The van der Waals surface area contributed by atoms with Crippen molar-refractivity contribution in [2.75, 3.05) is 26.0 Å². The van der Waals surface area contributed by atoms with Crippen LogP contribution >= 0.6 is 15.9 Å². The fourth-order valence-corrected chi connectivity index (χ4v) is 2.68. The lowest BCUT2D eigenvalue weighted by atomic mass is 9.82. The number of anilines is 1. The van der Waals surface area contributed by atoms with Crippen LogP contribution in [0.4, 0.5) is 5.69 Å². The van der Waals surface area contributed by atoms with Crippen LogP contribution in [0.25, 0.3) is 0 Å².